The molecule has 0 amide bonds. The number of benzene rings is 1. The molecule has 2 aliphatic rings. The number of carbonyl (C=O) groups excluding carboxylic acids is 1. The number of ketones is 1. The lowest BCUT2D eigenvalue weighted by atomic mass is 9.63. The first-order valence-corrected chi connectivity index (χ1v) is 7.40. The molecule has 1 aromatic rings. The molecule has 2 nitrogen and oxygen atoms in total. The maximum atomic E-state index is 11.9. The second-order valence-corrected chi connectivity index (χ2v) is 6.24. The maximum Gasteiger partial charge on any atom is 0.144 e. The van der Waals surface area contributed by atoms with Gasteiger partial charge in [0.15, 0.2) is 0 Å². The molecular formula is C15H17BrO2. The van der Waals surface area contributed by atoms with Crippen LogP contribution in [0.25, 0.3) is 0 Å². The summed E-state index contributed by atoms with van der Waals surface area (Å²) in [7, 11) is 0. The van der Waals surface area contributed by atoms with Crippen LogP contribution in [-0.2, 0) is 16.1 Å². The van der Waals surface area contributed by atoms with Gasteiger partial charge in [-0.25, -0.2) is 0 Å². The van der Waals surface area contributed by atoms with Gasteiger partial charge in [0.1, 0.15) is 5.78 Å². The minimum atomic E-state index is -0.110. The summed E-state index contributed by atoms with van der Waals surface area (Å²) in [5.74, 6) is 0.428. The summed E-state index contributed by atoms with van der Waals surface area (Å²) in [6.07, 6.45) is 5.20. The van der Waals surface area contributed by atoms with Crippen LogP contribution in [0.5, 0.6) is 0 Å². The van der Waals surface area contributed by atoms with E-state index in [1.807, 2.05) is 18.2 Å². The Morgan fingerprint density at radius 2 is 2.00 bits per heavy atom. The smallest absolute Gasteiger partial charge is 0.144 e. The Kier molecular flexibility index (Phi) is 3.29. The number of carbonyl (C=O) groups is 1. The topological polar surface area (TPSA) is 26.3 Å². The van der Waals surface area contributed by atoms with Gasteiger partial charge in [0, 0.05) is 10.9 Å². The SMILES string of the molecule is O=C1CC(OCc2ccccc2Br)C12CCCC2. The van der Waals surface area contributed by atoms with Gasteiger partial charge in [-0.05, 0) is 24.5 Å². The molecule has 2 fully saturated rings. The highest BCUT2D eigenvalue weighted by Crippen LogP contribution is 2.52. The van der Waals surface area contributed by atoms with Gasteiger partial charge >= 0.3 is 0 Å². The molecule has 0 aromatic heterocycles. The Balaban J connectivity index is 1.65. The minimum absolute atomic E-state index is 0.110. The van der Waals surface area contributed by atoms with Crippen LogP contribution in [0.4, 0.5) is 0 Å². The third-order valence-electron chi connectivity index (χ3n) is 4.44. The predicted octanol–water partition coefficient (Wildman–Crippen LogP) is 3.87. The van der Waals surface area contributed by atoms with Crippen LogP contribution in [0.1, 0.15) is 37.7 Å². The molecule has 3 heteroatoms. The molecular weight excluding hydrogens is 292 g/mol. The quantitative estimate of drug-likeness (QED) is 0.847. The first kappa shape index (κ1) is 12.4. The van der Waals surface area contributed by atoms with Crippen LogP contribution in [0, 0.1) is 5.41 Å². The summed E-state index contributed by atoms with van der Waals surface area (Å²) >= 11 is 3.53. The fourth-order valence-corrected chi connectivity index (χ4v) is 3.65. The maximum absolute atomic E-state index is 11.9. The average Bonchev–Trinajstić information content (AvgIpc) is 2.88. The van der Waals surface area contributed by atoms with E-state index in [1.165, 1.54) is 12.8 Å². The molecule has 1 atom stereocenters. The number of hydrogen-bond acceptors (Lipinski definition) is 2. The van der Waals surface area contributed by atoms with Crippen molar-refractivity contribution in [2.24, 2.45) is 5.41 Å². The zero-order chi connectivity index (χ0) is 12.6. The molecule has 2 saturated carbocycles. The van der Waals surface area contributed by atoms with Gasteiger partial charge < -0.3 is 4.74 Å². The van der Waals surface area contributed by atoms with Gasteiger partial charge in [0.25, 0.3) is 0 Å². The highest BCUT2D eigenvalue weighted by Gasteiger charge is 2.56. The Morgan fingerprint density at radius 3 is 2.67 bits per heavy atom. The van der Waals surface area contributed by atoms with Crippen LogP contribution in [-0.4, -0.2) is 11.9 Å². The third kappa shape index (κ3) is 1.94. The molecule has 0 radical (unpaired) electrons. The van der Waals surface area contributed by atoms with Crippen LogP contribution in [0.3, 0.4) is 0 Å². The monoisotopic (exact) mass is 308 g/mol. The zero-order valence-corrected chi connectivity index (χ0v) is 11.9. The summed E-state index contributed by atoms with van der Waals surface area (Å²) in [4.78, 5) is 11.9. The second kappa shape index (κ2) is 4.78. The molecule has 18 heavy (non-hydrogen) atoms. The molecule has 0 aliphatic heterocycles. The largest absolute Gasteiger partial charge is 0.372 e. The van der Waals surface area contributed by atoms with Gasteiger partial charge in [0.2, 0.25) is 0 Å². The lowest BCUT2D eigenvalue weighted by molar-refractivity contribution is -0.164. The van der Waals surface area contributed by atoms with Crippen molar-refractivity contribution in [1.82, 2.24) is 0 Å². The van der Waals surface area contributed by atoms with Crippen molar-refractivity contribution < 1.29 is 9.53 Å². The van der Waals surface area contributed by atoms with E-state index in [2.05, 4.69) is 22.0 Å². The van der Waals surface area contributed by atoms with Crippen LogP contribution < -0.4 is 0 Å². The Bertz CT molecular complexity index is 463. The second-order valence-electron chi connectivity index (χ2n) is 5.38. The number of ether oxygens (including phenoxy) is 1. The standard InChI is InChI=1S/C15H17BrO2/c16-12-6-2-1-5-11(12)10-18-14-9-13(17)15(14)7-3-4-8-15/h1-2,5-6,14H,3-4,7-10H2. The van der Waals surface area contributed by atoms with Crippen LogP contribution in [0.15, 0.2) is 28.7 Å². The number of Topliss-reactive ketones (excluding diaryl/α,β-unsaturated/α-hetero) is 1. The fourth-order valence-electron chi connectivity index (χ4n) is 3.25. The van der Waals surface area contributed by atoms with Crippen molar-refractivity contribution in [1.29, 1.82) is 0 Å². The average molecular weight is 309 g/mol. The minimum Gasteiger partial charge on any atom is -0.372 e. The van der Waals surface area contributed by atoms with Crippen molar-refractivity contribution in [3.05, 3.63) is 34.3 Å². The van der Waals surface area contributed by atoms with Crippen LogP contribution >= 0.6 is 15.9 Å². The lowest BCUT2D eigenvalue weighted by Crippen LogP contribution is -2.53. The van der Waals surface area contributed by atoms with Gasteiger partial charge in [-0.2, -0.15) is 0 Å². The van der Waals surface area contributed by atoms with E-state index >= 15 is 0 Å². The number of rotatable bonds is 3. The molecule has 1 unspecified atom stereocenters. The first-order chi connectivity index (χ1) is 8.72. The summed E-state index contributed by atoms with van der Waals surface area (Å²) in [5.41, 5.74) is 1.05. The van der Waals surface area contributed by atoms with E-state index in [1.54, 1.807) is 0 Å². The molecule has 0 heterocycles. The summed E-state index contributed by atoms with van der Waals surface area (Å²) in [5, 5.41) is 0. The van der Waals surface area contributed by atoms with E-state index in [0.717, 1.165) is 22.9 Å². The van der Waals surface area contributed by atoms with Crippen molar-refractivity contribution in [2.45, 2.75) is 44.8 Å². The van der Waals surface area contributed by atoms with Crippen molar-refractivity contribution in [3.8, 4) is 0 Å². The zero-order valence-electron chi connectivity index (χ0n) is 10.3. The number of halogens is 1. The molecule has 96 valence electrons. The molecule has 0 bridgehead atoms. The van der Waals surface area contributed by atoms with Crippen molar-refractivity contribution >= 4 is 21.7 Å². The van der Waals surface area contributed by atoms with Gasteiger partial charge in [0.05, 0.1) is 18.1 Å². The third-order valence-corrected chi connectivity index (χ3v) is 5.21. The summed E-state index contributed by atoms with van der Waals surface area (Å²) < 4.78 is 7.08. The molecule has 0 N–H and O–H groups in total. The molecule has 2 aliphatic carbocycles. The Morgan fingerprint density at radius 1 is 1.28 bits per heavy atom. The van der Waals surface area contributed by atoms with E-state index in [-0.39, 0.29) is 11.5 Å². The molecule has 1 aromatic carbocycles. The van der Waals surface area contributed by atoms with Crippen LogP contribution in [0.2, 0.25) is 0 Å². The predicted molar refractivity (Wildman–Crippen MR) is 73.2 cm³/mol. The highest BCUT2D eigenvalue weighted by atomic mass is 79.9. The van der Waals surface area contributed by atoms with Gasteiger partial charge in [-0.15, -0.1) is 0 Å². The van der Waals surface area contributed by atoms with E-state index in [4.69, 9.17) is 4.74 Å². The highest BCUT2D eigenvalue weighted by molar-refractivity contribution is 9.10. The fraction of sp³-hybridized carbons (Fsp3) is 0.533. The number of hydrogen-bond donors (Lipinski definition) is 0. The van der Waals surface area contributed by atoms with Crippen molar-refractivity contribution in [3.63, 3.8) is 0 Å². The van der Waals surface area contributed by atoms with Gasteiger partial charge in [-0.3, -0.25) is 4.79 Å². The van der Waals surface area contributed by atoms with Gasteiger partial charge in [-0.1, -0.05) is 47.0 Å². The lowest BCUT2D eigenvalue weighted by Gasteiger charge is -2.44. The Labute approximate surface area is 116 Å². The van der Waals surface area contributed by atoms with E-state index in [0.29, 0.717) is 18.8 Å². The van der Waals surface area contributed by atoms with E-state index in [9.17, 15) is 4.79 Å². The Hall–Kier alpha value is -0.670. The summed E-state index contributed by atoms with van der Waals surface area (Å²) in [6, 6.07) is 8.10. The molecule has 1 spiro atoms. The van der Waals surface area contributed by atoms with Crippen molar-refractivity contribution in [2.75, 3.05) is 0 Å². The normalized spacial score (nSPS) is 25.4. The summed E-state index contributed by atoms with van der Waals surface area (Å²) in [6.45, 7) is 0.598. The van der Waals surface area contributed by atoms with E-state index < -0.39 is 0 Å². The first-order valence-electron chi connectivity index (χ1n) is 6.61. The molecule has 3 rings (SSSR count). The molecule has 0 saturated heterocycles.